The summed E-state index contributed by atoms with van der Waals surface area (Å²) in [6, 6.07) is 11.9. The number of para-hydroxylation sites is 2. The zero-order chi connectivity index (χ0) is 17.1. The van der Waals surface area contributed by atoms with Crippen molar-refractivity contribution in [1.29, 1.82) is 0 Å². The highest BCUT2D eigenvalue weighted by atomic mass is 16.6. The van der Waals surface area contributed by atoms with Gasteiger partial charge in [-0.3, -0.25) is 14.9 Å². The lowest BCUT2D eigenvalue weighted by atomic mass is 10.1. The highest BCUT2D eigenvalue weighted by molar-refractivity contribution is 5.94. The van der Waals surface area contributed by atoms with Crippen molar-refractivity contribution < 1.29 is 14.5 Å². The van der Waals surface area contributed by atoms with Crippen molar-refractivity contribution in [1.82, 2.24) is 0 Å². The molecule has 1 N–H and O–H groups in total. The van der Waals surface area contributed by atoms with Gasteiger partial charge in [0.05, 0.1) is 4.92 Å². The third-order valence-electron chi connectivity index (χ3n) is 4.10. The number of carbonyl (C=O) groups is 1. The molecule has 0 saturated heterocycles. The Kier molecular flexibility index (Phi) is 4.46. The molecule has 2 aromatic rings. The van der Waals surface area contributed by atoms with Gasteiger partial charge in [0.25, 0.3) is 5.91 Å². The summed E-state index contributed by atoms with van der Waals surface area (Å²) < 4.78 is 5.48. The standard InChI is InChI=1S/C18H18N2O4/c1-12(24-17-8-3-2-7-16(17)20(22)23)18(21)19-15-10-9-13-5-4-6-14(13)11-15/h2-3,7-12H,4-6H2,1H3,(H,19,21)/t12-/m0/s1. The van der Waals surface area contributed by atoms with Gasteiger partial charge >= 0.3 is 5.69 Å². The summed E-state index contributed by atoms with van der Waals surface area (Å²) in [6.45, 7) is 1.57. The number of rotatable bonds is 5. The fourth-order valence-electron chi connectivity index (χ4n) is 2.85. The predicted molar refractivity (Wildman–Crippen MR) is 90.3 cm³/mol. The summed E-state index contributed by atoms with van der Waals surface area (Å²) in [5.41, 5.74) is 3.16. The quantitative estimate of drug-likeness (QED) is 0.673. The van der Waals surface area contributed by atoms with Gasteiger partial charge in [0.15, 0.2) is 11.9 Å². The number of ether oxygens (including phenoxy) is 1. The lowest BCUT2D eigenvalue weighted by Crippen LogP contribution is -2.30. The predicted octanol–water partition coefficient (Wildman–Crippen LogP) is 3.49. The minimum atomic E-state index is -0.848. The first-order valence-corrected chi connectivity index (χ1v) is 7.87. The van der Waals surface area contributed by atoms with E-state index >= 15 is 0 Å². The molecule has 1 atom stereocenters. The number of fused-ring (bicyclic) bond motifs is 1. The minimum Gasteiger partial charge on any atom is -0.474 e. The number of nitrogens with one attached hydrogen (secondary N) is 1. The van der Waals surface area contributed by atoms with E-state index in [1.165, 1.54) is 23.3 Å². The minimum absolute atomic E-state index is 0.0825. The third-order valence-corrected chi connectivity index (χ3v) is 4.10. The Balaban J connectivity index is 1.68. The van der Waals surface area contributed by atoms with Gasteiger partial charge in [0.1, 0.15) is 0 Å². The first-order valence-electron chi connectivity index (χ1n) is 7.87. The van der Waals surface area contributed by atoms with Crippen molar-refractivity contribution in [3.63, 3.8) is 0 Å². The molecule has 6 heteroatoms. The van der Waals surface area contributed by atoms with Crippen molar-refractivity contribution in [2.24, 2.45) is 0 Å². The fourth-order valence-corrected chi connectivity index (χ4v) is 2.85. The number of nitro benzene ring substituents is 1. The molecule has 1 aliphatic carbocycles. The Bertz CT molecular complexity index is 788. The second-order valence-electron chi connectivity index (χ2n) is 5.81. The van der Waals surface area contributed by atoms with Gasteiger partial charge in [-0.05, 0) is 55.5 Å². The van der Waals surface area contributed by atoms with Crippen LogP contribution in [-0.2, 0) is 17.6 Å². The van der Waals surface area contributed by atoms with E-state index < -0.39 is 11.0 Å². The molecule has 24 heavy (non-hydrogen) atoms. The zero-order valence-corrected chi connectivity index (χ0v) is 13.3. The van der Waals surface area contributed by atoms with E-state index in [2.05, 4.69) is 5.32 Å². The van der Waals surface area contributed by atoms with Crippen molar-refractivity contribution in [2.75, 3.05) is 5.32 Å². The van der Waals surface area contributed by atoms with Crippen molar-refractivity contribution in [3.8, 4) is 5.75 Å². The molecule has 0 spiro atoms. The third kappa shape index (κ3) is 3.37. The maximum absolute atomic E-state index is 12.3. The van der Waals surface area contributed by atoms with Crippen LogP contribution in [0.15, 0.2) is 42.5 Å². The first kappa shape index (κ1) is 16.0. The van der Waals surface area contributed by atoms with Gasteiger partial charge in [0.2, 0.25) is 0 Å². The molecule has 0 saturated carbocycles. The molecule has 1 aliphatic rings. The highest BCUT2D eigenvalue weighted by Crippen LogP contribution is 2.28. The van der Waals surface area contributed by atoms with Gasteiger partial charge in [-0.1, -0.05) is 18.2 Å². The number of aryl methyl sites for hydroxylation is 2. The molecule has 124 valence electrons. The number of carbonyl (C=O) groups excluding carboxylic acids is 1. The second kappa shape index (κ2) is 6.70. The van der Waals surface area contributed by atoms with Gasteiger partial charge < -0.3 is 10.1 Å². The summed E-state index contributed by atoms with van der Waals surface area (Å²) in [5, 5.41) is 13.8. The Morgan fingerprint density at radius 3 is 2.75 bits per heavy atom. The number of hydrogen-bond acceptors (Lipinski definition) is 4. The molecule has 0 bridgehead atoms. The van der Waals surface area contributed by atoms with E-state index in [4.69, 9.17) is 4.74 Å². The topological polar surface area (TPSA) is 81.5 Å². The summed E-state index contributed by atoms with van der Waals surface area (Å²) in [5.74, 6) is -0.259. The molecule has 0 unspecified atom stereocenters. The first-order chi connectivity index (χ1) is 11.5. The number of amides is 1. The normalized spacial score (nSPS) is 13.9. The van der Waals surface area contributed by atoms with Gasteiger partial charge in [-0.15, -0.1) is 0 Å². The van der Waals surface area contributed by atoms with Gasteiger partial charge in [-0.25, -0.2) is 0 Å². The molecule has 0 radical (unpaired) electrons. The Labute approximate surface area is 139 Å². The molecule has 1 amide bonds. The molecule has 3 rings (SSSR count). The average Bonchev–Trinajstić information content (AvgIpc) is 3.02. The Morgan fingerprint density at radius 1 is 1.21 bits per heavy atom. The van der Waals surface area contributed by atoms with Crippen LogP contribution in [0.2, 0.25) is 0 Å². The fraction of sp³-hybridized carbons (Fsp3) is 0.278. The number of nitrogens with zero attached hydrogens (tertiary/aromatic N) is 1. The number of nitro groups is 1. The largest absolute Gasteiger partial charge is 0.474 e. The lowest BCUT2D eigenvalue weighted by Gasteiger charge is -2.15. The van der Waals surface area contributed by atoms with Crippen LogP contribution in [0.5, 0.6) is 5.75 Å². The molecule has 0 aliphatic heterocycles. The molecular weight excluding hydrogens is 308 g/mol. The van der Waals surface area contributed by atoms with Crippen molar-refractivity contribution >= 4 is 17.3 Å². The monoisotopic (exact) mass is 326 g/mol. The van der Waals surface area contributed by atoms with Crippen LogP contribution in [0.3, 0.4) is 0 Å². The van der Waals surface area contributed by atoms with Crippen LogP contribution in [0.4, 0.5) is 11.4 Å². The smallest absolute Gasteiger partial charge is 0.310 e. The molecule has 2 aromatic carbocycles. The van der Waals surface area contributed by atoms with Crippen LogP contribution in [0.25, 0.3) is 0 Å². The van der Waals surface area contributed by atoms with E-state index in [-0.39, 0.29) is 17.3 Å². The maximum atomic E-state index is 12.3. The Hall–Kier alpha value is -2.89. The zero-order valence-electron chi connectivity index (χ0n) is 13.3. The number of benzene rings is 2. The molecular formula is C18H18N2O4. The molecule has 0 fully saturated rings. The van der Waals surface area contributed by atoms with E-state index in [0.29, 0.717) is 0 Å². The summed E-state index contributed by atoms with van der Waals surface area (Å²) in [6.07, 6.45) is 2.41. The number of hydrogen-bond donors (Lipinski definition) is 1. The Morgan fingerprint density at radius 2 is 1.96 bits per heavy atom. The SMILES string of the molecule is C[C@H](Oc1ccccc1[N+](=O)[O-])C(=O)Nc1ccc2c(c1)CCC2. The average molecular weight is 326 g/mol. The summed E-state index contributed by atoms with van der Waals surface area (Å²) in [4.78, 5) is 22.8. The lowest BCUT2D eigenvalue weighted by molar-refractivity contribution is -0.386. The molecule has 0 aromatic heterocycles. The van der Waals surface area contributed by atoms with Crippen molar-refractivity contribution in [3.05, 3.63) is 63.7 Å². The van der Waals surface area contributed by atoms with E-state index in [0.717, 1.165) is 24.9 Å². The number of anilines is 1. The van der Waals surface area contributed by atoms with Gasteiger partial charge in [0, 0.05) is 11.8 Å². The summed E-state index contributed by atoms with van der Waals surface area (Å²) >= 11 is 0. The van der Waals surface area contributed by atoms with Crippen LogP contribution in [0.1, 0.15) is 24.5 Å². The van der Waals surface area contributed by atoms with E-state index in [1.54, 1.807) is 19.1 Å². The van der Waals surface area contributed by atoms with Gasteiger partial charge in [-0.2, -0.15) is 0 Å². The highest BCUT2D eigenvalue weighted by Gasteiger charge is 2.21. The summed E-state index contributed by atoms with van der Waals surface area (Å²) in [7, 11) is 0. The maximum Gasteiger partial charge on any atom is 0.310 e. The van der Waals surface area contributed by atoms with E-state index in [9.17, 15) is 14.9 Å². The van der Waals surface area contributed by atoms with E-state index in [1.807, 2.05) is 18.2 Å². The van der Waals surface area contributed by atoms with Crippen LogP contribution >= 0.6 is 0 Å². The second-order valence-corrected chi connectivity index (χ2v) is 5.81. The van der Waals surface area contributed by atoms with Crippen LogP contribution < -0.4 is 10.1 Å². The van der Waals surface area contributed by atoms with Crippen molar-refractivity contribution in [2.45, 2.75) is 32.3 Å². The molecule has 6 nitrogen and oxygen atoms in total. The van der Waals surface area contributed by atoms with Crippen LogP contribution in [0, 0.1) is 10.1 Å². The molecule has 0 heterocycles. The van der Waals surface area contributed by atoms with Crippen LogP contribution in [-0.4, -0.2) is 16.9 Å².